The molecule has 1 atom stereocenters. The van der Waals surface area contributed by atoms with Crippen molar-refractivity contribution in [3.8, 4) is 5.75 Å². The fraction of sp³-hybridized carbons (Fsp3) is 0.333. The Kier molecular flexibility index (Phi) is 7.82. The lowest BCUT2D eigenvalue weighted by molar-refractivity contribution is -0.122. The van der Waals surface area contributed by atoms with Crippen LogP contribution in [-0.2, 0) is 19.6 Å². The zero-order chi connectivity index (χ0) is 22.3. The molecule has 30 heavy (non-hydrogen) atoms. The van der Waals surface area contributed by atoms with E-state index in [4.69, 9.17) is 9.47 Å². The smallest absolute Gasteiger partial charge is 0.338 e. The summed E-state index contributed by atoms with van der Waals surface area (Å²) in [6, 6.07) is 12.8. The summed E-state index contributed by atoms with van der Waals surface area (Å²) < 4.78 is 35.1. The van der Waals surface area contributed by atoms with Crippen LogP contribution < -0.4 is 14.4 Å². The zero-order valence-electron chi connectivity index (χ0n) is 17.4. The Morgan fingerprint density at radius 1 is 1.03 bits per heavy atom. The van der Waals surface area contributed by atoms with Gasteiger partial charge in [0.2, 0.25) is 10.0 Å². The molecule has 0 bridgehead atoms. The van der Waals surface area contributed by atoms with Crippen LogP contribution in [0.1, 0.15) is 30.6 Å². The highest BCUT2D eigenvalue weighted by Gasteiger charge is 2.19. The Balaban J connectivity index is 2.02. The first kappa shape index (κ1) is 23.2. The maximum Gasteiger partial charge on any atom is 0.338 e. The normalized spacial score (nSPS) is 12.0. The Morgan fingerprint density at radius 3 is 2.13 bits per heavy atom. The summed E-state index contributed by atoms with van der Waals surface area (Å²) in [5.41, 5.74) is 1.42. The number of hydrogen-bond donors (Lipinski definition) is 1. The maximum atomic E-state index is 12.6. The van der Waals surface area contributed by atoms with E-state index in [0.29, 0.717) is 35.7 Å². The third kappa shape index (κ3) is 6.21. The number of carbonyl (C=O) groups excluding carboxylic acids is 2. The van der Waals surface area contributed by atoms with Gasteiger partial charge in [-0.25, -0.2) is 13.2 Å². The van der Waals surface area contributed by atoms with Crippen molar-refractivity contribution in [1.29, 1.82) is 0 Å². The van der Waals surface area contributed by atoms with Crippen LogP contribution in [0.4, 0.5) is 11.4 Å². The van der Waals surface area contributed by atoms with Gasteiger partial charge in [0.15, 0.2) is 6.10 Å². The van der Waals surface area contributed by atoms with Crippen LogP contribution in [0.2, 0.25) is 0 Å². The molecule has 0 spiro atoms. The number of sulfonamides is 1. The molecule has 0 aromatic heterocycles. The lowest BCUT2D eigenvalue weighted by Crippen LogP contribution is -2.32. The van der Waals surface area contributed by atoms with Gasteiger partial charge in [-0.05, 0) is 61.9 Å². The van der Waals surface area contributed by atoms with E-state index in [2.05, 4.69) is 5.32 Å². The number of nitrogens with zero attached hydrogens (tertiary/aromatic N) is 1. The van der Waals surface area contributed by atoms with Gasteiger partial charge in [0.1, 0.15) is 5.75 Å². The number of rotatable bonds is 9. The third-order valence-electron chi connectivity index (χ3n) is 4.30. The molecule has 0 saturated heterocycles. The second kappa shape index (κ2) is 10.1. The average Bonchev–Trinajstić information content (AvgIpc) is 2.71. The molecule has 2 aromatic rings. The minimum Gasteiger partial charge on any atom is -0.481 e. The van der Waals surface area contributed by atoms with Crippen LogP contribution in [0.15, 0.2) is 48.5 Å². The molecule has 1 N–H and O–H groups in total. The molecule has 0 fully saturated rings. The predicted octanol–water partition coefficient (Wildman–Crippen LogP) is 3.06. The summed E-state index contributed by atoms with van der Waals surface area (Å²) in [6.45, 7) is 3.84. The molecule has 9 heteroatoms. The van der Waals surface area contributed by atoms with Gasteiger partial charge in [-0.3, -0.25) is 9.10 Å². The summed E-state index contributed by atoms with van der Waals surface area (Å²) in [6.07, 6.45) is 0.805. The van der Waals surface area contributed by atoms with E-state index >= 15 is 0 Å². The second-order valence-corrected chi connectivity index (χ2v) is 8.54. The molecule has 2 aromatic carbocycles. The maximum absolute atomic E-state index is 12.6. The van der Waals surface area contributed by atoms with Crippen LogP contribution in [0.5, 0.6) is 5.75 Å². The van der Waals surface area contributed by atoms with Gasteiger partial charge in [-0.1, -0.05) is 6.92 Å². The van der Waals surface area contributed by atoms with Crippen molar-refractivity contribution in [3.05, 3.63) is 54.1 Å². The van der Waals surface area contributed by atoms with Gasteiger partial charge in [0.05, 0.1) is 24.1 Å². The first-order valence-corrected chi connectivity index (χ1v) is 11.3. The fourth-order valence-corrected chi connectivity index (χ4v) is 3.04. The molecule has 0 aliphatic carbocycles. The highest BCUT2D eigenvalue weighted by molar-refractivity contribution is 7.92. The summed E-state index contributed by atoms with van der Waals surface area (Å²) in [5.74, 6) is -0.311. The molecular formula is C21H26N2O6S. The van der Waals surface area contributed by atoms with Crippen LogP contribution in [0.25, 0.3) is 0 Å². The minimum absolute atomic E-state index is 0.290. The molecule has 162 valence electrons. The van der Waals surface area contributed by atoms with Crippen LogP contribution in [-0.4, -0.2) is 46.3 Å². The van der Waals surface area contributed by atoms with Gasteiger partial charge >= 0.3 is 5.97 Å². The topological polar surface area (TPSA) is 102 Å². The number of carbonyl (C=O) groups is 2. The highest BCUT2D eigenvalue weighted by Crippen LogP contribution is 2.22. The zero-order valence-corrected chi connectivity index (χ0v) is 18.2. The molecule has 0 radical (unpaired) electrons. The number of ether oxygens (including phenoxy) is 2. The van der Waals surface area contributed by atoms with Crippen LogP contribution >= 0.6 is 0 Å². The number of anilines is 2. The Morgan fingerprint density at radius 2 is 1.63 bits per heavy atom. The van der Waals surface area contributed by atoms with Crippen molar-refractivity contribution >= 4 is 33.3 Å². The van der Waals surface area contributed by atoms with Gasteiger partial charge in [0.25, 0.3) is 5.91 Å². The summed E-state index contributed by atoms with van der Waals surface area (Å²) >= 11 is 0. The fourth-order valence-electron chi connectivity index (χ4n) is 2.54. The molecule has 2 rings (SSSR count). The SMILES string of the molecule is CCOC(=O)c1ccc(NC(=O)[C@H](CC)Oc2ccc(N(C)S(C)(=O)=O)cc2)cc1. The van der Waals surface area contributed by atoms with Gasteiger partial charge in [0, 0.05) is 12.7 Å². The minimum atomic E-state index is -3.36. The lowest BCUT2D eigenvalue weighted by atomic mass is 10.2. The molecule has 0 aliphatic rings. The van der Waals surface area contributed by atoms with Crippen LogP contribution in [0, 0.1) is 0 Å². The molecule has 8 nitrogen and oxygen atoms in total. The molecule has 0 heterocycles. The van der Waals surface area contributed by atoms with Crippen molar-refractivity contribution in [2.24, 2.45) is 0 Å². The average molecular weight is 435 g/mol. The van der Waals surface area contributed by atoms with Crippen molar-refractivity contribution in [2.45, 2.75) is 26.4 Å². The van der Waals surface area contributed by atoms with E-state index in [-0.39, 0.29) is 5.91 Å². The van der Waals surface area contributed by atoms with Crippen molar-refractivity contribution in [2.75, 3.05) is 29.5 Å². The number of esters is 1. The summed E-state index contributed by atoms with van der Waals surface area (Å²) in [7, 11) is -1.90. The van der Waals surface area contributed by atoms with Crippen molar-refractivity contribution < 1.29 is 27.5 Å². The Hall–Kier alpha value is -3.07. The van der Waals surface area contributed by atoms with E-state index in [1.807, 2.05) is 6.92 Å². The van der Waals surface area contributed by atoms with Gasteiger partial charge < -0.3 is 14.8 Å². The highest BCUT2D eigenvalue weighted by atomic mass is 32.2. The van der Waals surface area contributed by atoms with Crippen LogP contribution in [0.3, 0.4) is 0 Å². The monoisotopic (exact) mass is 434 g/mol. The van der Waals surface area contributed by atoms with E-state index in [1.54, 1.807) is 55.5 Å². The standard InChI is InChI=1S/C21H26N2O6S/c1-5-19(29-18-13-11-17(12-14-18)23(3)30(4,26)27)20(24)22-16-9-7-15(8-10-16)21(25)28-6-2/h7-14,19H,5-6H2,1-4H3,(H,22,24)/t19-/m0/s1. The van der Waals surface area contributed by atoms with Gasteiger partial charge in [-0.15, -0.1) is 0 Å². The summed E-state index contributed by atoms with van der Waals surface area (Å²) in [5, 5.41) is 2.76. The third-order valence-corrected chi connectivity index (χ3v) is 5.51. The number of benzene rings is 2. The molecule has 0 unspecified atom stereocenters. The largest absolute Gasteiger partial charge is 0.481 e. The lowest BCUT2D eigenvalue weighted by Gasteiger charge is -2.19. The number of hydrogen-bond acceptors (Lipinski definition) is 6. The van der Waals surface area contributed by atoms with E-state index in [0.717, 1.165) is 10.6 Å². The van der Waals surface area contributed by atoms with Gasteiger partial charge in [-0.2, -0.15) is 0 Å². The molecular weight excluding hydrogens is 408 g/mol. The Labute approximate surface area is 176 Å². The van der Waals surface area contributed by atoms with E-state index < -0.39 is 22.1 Å². The second-order valence-electron chi connectivity index (χ2n) is 6.53. The first-order valence-electron chi connectivity index (χ1n) is 9.44. The van der Waals surface area contributed by atoms with E-state index in [9.17, 15) is 18.0 Å². The quantitative estimate of drug-likeness (QED) is 0.609. The predicted molar refractivity (Wildman–Crippen MR) is 115 cm³/mol. The number of amides is 1. The summed E-state index contributed by atoms with van der Waals surface area (Å²) in [4.78, 5) is 24.3. The Bertz CT molecular complexity index is 972. The number of nitrogens with one attached hydrogen (secondary N) is 1. The van der Waals surface area contributed by atoms with E-state index in [1.165, 1.54) is 7.05 Å². The van der Waals surface area contributed by atoms with Crippen molar-refractivity contribution in [1.82, 2.24) is 0 Å². The molecule has 1 amide bonds. The van der Waals surface area contributed by atoms with Crippen molar-refractivity contribution in [3.63, 3.8) is 0 Å². The molecule has 0 aliphatic heterocycles. The molecule has 0 saturated carbocycles. The first-order chi connectivity index (χ1) is 14.2.